The van der Waals surface area contributed by atoms with Gasteiger partial charge in [-0.25, -0.2) is 4.79 Å². The minimum absolute atomic E-state index is 0.186. The highest BCUT2D eigenvalue weighted by Crippen LogP contribution is 2.34. The molecule has 2 aromatic rings. The lowest BCUT2D eigenvalue weighted by molar-refractivity contribution is 0.0697. The summed E-state index contributed by atoms with van der Waals surface area (Å²) in [5, 5.41) is 10.0. The van der Waals surface area contributed by atoms with Crippen molar-refractivity contribution in [2.24, 2.45) is 0 Å². The van der Waals surface area contributed by atoms with E-state index in [1.165, 1.54) is 12.1 Å². The van der Waals surface area contributed by atoms with Crippen LogP contribution in [0.5, 0.6) is 0 Å². The molecule has 0 aromatic heterocycles. The molecule has 2 nitrogen and oxygen atoms in total. The van der Waals surface area contributed by atoms with E-state index in [0.29, 0.717) is 15.6 Å². The highest BCUT2D eigenvalue weighted by Gasteiger charge is 2.11. The van der Waals surface area contributed by atoms with Crippen LogP contribution in [0.4, 0.5) is 0 Å². The molecule has 4 heteroatoms. The fourth-order valence-electron chi connectivity index (χ4n) is 1.70. The molecule has 0 fully saturated rings. The van der Waals surface area contributed by atoms with E-state index in [4.69, 9.17) is 28.3 Å². The van der Waals surface area contributed by atoms with Gasteiger partial charge in [-0.2, -0.15) is 0 Å². The number of rotatable bonds is 2. The molecule has 0 spiro atoms. The summed E-state index contributed by atoms with van der Waals surface area (Å²) in [6.07, 6.45) is 0. The van der Waals surface area contributed by atoms with Crippen LogP contribution in [0.25, 0.3) is 11.1 Å². The van der Waals surface area contributed by atoms with Crippen molar-refractivity contribution < 1.29 is 9.90 Å². The van der Waals surface area contributed by atoms with Gasteiger partial charge in [-0.15, -0.1) is 0 Å². The maximum atomic E-state index is 11.0. The van der Waals surface area contributed by atoms with E-state index in [2.05, 4.69) is 0 Å². The molecule has 0 aliphatic heterocycles. The number of hydrogen-bond donors (Lipinski definition) is 1. The summed E-state index contributed by atoms with van der Waals surface area (Å²) in [5.74, 6) is -0.990. The van der Waals surface area contributed by atoms with Crippen molar-refractivity contribution >= 4 is 29.2 Å². The van der Waals surface area contributed by atoms with Crippen molar-refractivity contribution in [2.45, 2.75) is 6.92 Å². The number of carbonyl (C=O) groups is 1. The van der Waals surface area contributed by atoms with Crippen LogP contribution in [0, 0.1) is 6.92 Å². The number of carboxylic acids is 1. The van der Waals surface area contributed by atoms with E-state index in [1.54, 1.807) is 6.07 Å². The number of halogens is 2. The van der Waals surface area contributed by atoms with Crippen LogP contribution >= 0.6 is 23.2 Å². The maximum Gasteiger partial charge on any atom is 0.335 e. The standard InChI is InChI=1S/C14H10Cl2O2/c1-8-2-4-10(13(16)6-8)11-7-9(14(17)18)3-5-12(11)15/h2-7H,1H3,(H,17,18). The minimum atomic E-state index is -0.990. The molecule has 0 bridgehead atoms. The Morgan fingerprint density at radius 1 is 1.00 bits per heavy atom. The van der Waals surface area contributed by atoms with Crippen LogP contribution < -0.4 is 0 Å². The molecule has 0 saturated heterocycles. The molecule has 0 atom stereocenters. The van der Waals surface area contributed by atoms with Gasteiger partial charge in [0.25, 0.3) is 0 Å². The maximum absolute atomic E-state index is 11.0. The van der Waals surface area contributed by atoms with E-state index in [1.807, 2.05) is 25.1 Å². The van der Waals surface area contributed by atoms with Crippen LogP contribution in [0.3, 0.4) is 0 Å². The molecule has 92 valence electrons. The fourth-order valence-corrected chi connectivity index (χ4v) is 2.26. The lowest BCUT2D eigenvalue weighted by atomic mass is 10.0. The van der Waals surface area contributed by atoms with E-state index in [-0.39, 0.29) is 5.56 Å². The summed E-state index contributed by atoms with van der Waals surface area (Å²) in [7, 11) is 0. The van der Waals surface area contributed by atoms with Gasteiger partial charge >= 0.3 is 5.97 Å². The highest BCUT2D eigenvalue weighted by molar-refractivity contribution is 6.36. The number of aryl methyl sites for hydroxylation is 1. The van der Waals surface area contributed by atoms with Crippen LogP contribution in [0.1, 0.15) is 15.9 Å². The van der Waals surface area contributed by atoms with Gasteiger partial charge in [-0.3, -0.25) is 0 Å². The topological polar surface area (TPSA) is 37.3 Å². The quantitative estimate of drug-likeness (QED) is 0.868. The summed E-state index contributed by atoms with van der Waals surface area (Å²) < 4.78 is 0. The summed E-state index contributed by atoms with van der Waals surface area (Å²) in [4.78, 5) is 11.0. The first-order valence-electron chi connectivity index (χ1n) is 5.28. The predicted molar refractivity (Wildman–Crippen MR) is 73.6 cm³/mol. The van der Waals surface area contributed by atoms with Crippen molar-refractivity contribution in [3.8, 4) is 11.1 Å². The Labute approximate surface area is 115 Å². The van der Waals surface area contributed by atoms with Gasteiger partial charge in [0.05, 0.1) is 5.56 Å². The first kappa shape index (κ1) is 12.9. The first-order chi connectivity index (χ1) is 8.49. The molecule has 0 aliphatic rings. The Morgan fingerprint density at radius 3 is 2.33 bits per heavy atom. The largest absolute Gasteiger partial charge is 0.478 e. The summed E-state index contributed by atoms with van der Waals surface area (Å²) in [6, 6.07) is 10.1. The molecule has 0 heterocycles. The zero-order valence-electron chi connectivity index (χ0n) is 9.58. The molecule has 18 heavy (non-hydrogen) atoms. The lowest BCUT2D eigenvalue weighted by Crippen LogP contribution is -1.96. The molecule has 2 rings (SSSR count). The Morgan fingerprint density at radius 2 is 1.72 bits per heavy atom. The lowest BCUT2D eigenvalue weighted by Gasteiger charge is -2.08. The Kier molecular flexibility index (Phi) is 3.60. The van der Waals surface area contributed by atoms with Crippen molar-refractivity contribution in [3.05, 3.63) is 57.6 Å². The van der Waals surface area contributed by atoms with Crippen molar-refractivity contribution in [1.82, 2.24) is 0 Å². The SMILES string of the molecule is Cc1ccc(-c2cc(C(=O)O)ccc2Cl)c(Cl)c1. The molecule has 0 amide bonds. The normalized spacial score (nSPS) is 10.4. The second-order valence-electron chi connectivity index (χ2n) is 3.98. The molecule has 0 radical (unpaired) electrons. The average molecular weight is 281 g/mol. The van der Waals surface area contributed by atoms with Crippen LogP contribution in [0.2, 0.25) is 10.0 Å². The van der Waals surface area contributed by atoms with Gasteiger partial charge in [0.1, 0.15) is 0 Å². The Balaban J connectivity index is 2.62. The van der Waals surface area contributed by atoms with Gasteiger partial charge < -0.3 is 5.11 Å². The van der Waals surface area contributed by atoms with Gasteiger partial charge in [0.15, 0.2) is 0 Å². The molecule has 0 aliphatic carbocycles. The number of aromatic carboxylic acids is 1. The second kappa shape index (κ2) is 5.01. The van der Waals surface area contributed by atoms with Gasteiger partial charge in [0.2, 0.25) is 0 Å². The molecule has 2 aromatic carbocycles. The number of carboxylic acid groups (broad SMARTS) is 1. The summed E-state index contributed by atoms with van der Waals surface area (Å²) >= 11 is 12.3. The smallest absolute Gasteiger partial charge is 0.335 e. The van der Waals surface area contributed by atoms with E-state index in [0.717, 1.165) is 11.1 Å². The van der Waals surface area contributed by atoms with E-state index in [9.17, 15) is 4.79 Å². The van der Waals surface area contributed by atoms with Gasteiger partial charge in [-0.1, -0.05) is 35.3 Å². The van der Waals surface area contributed by atoms with Crippen molar-refractivity contribution in [1.29, 1.82) is 0 Å². The highest BCUT2D eigenvalue weighted by atomic mass is 35.5. The van der Waals surface area contributed by atoms with Crippen molar-refractivity contribution in [3.63, 3.8) is 0 Å². The van der Waals surface area contributed by atoms with Crippen molar-refractivity contribution in [2.75, 3.05) is 0 Å². The van der Waals surface area contributed by atoms with Gasteiger partial charge in [-0.05, 0) is 36.8 Å². The predicted octanol–water partition coefficient (Wildman–Crippen LogP) is 4.67. The first-order valence-corrected chi connectivity index (χ1v) is 6.04. The number of benzene rings is 2. The third kappa shape index (κ3) is 2.50. The second-order valence-corrected chi connectivity index (χ2v) is 4.80. The van der Waals surface area contributed by atoms with E-state index >= 15 is 0 Å². The van der Waals surface area contributed by atoms with Crippen LogP contribution in [-0.2, 0) is 0 Å². The van der Waals surface area contributed by atoms with Crippen LogP contribution in [-0.4, -0.2) is 11.1 Å². The van der Waals surface area contributed by atoms with Crippen LogP contribution in [0.15, 0.2) is 36.4 Å². The molecular formula is C14H10Cl2O2. The average Bonchev–Trinajstić information content (AvgIpc) is 2.30. The summed E-state index contributed by atoms with van der Waals surface area (Å²) in [6.45, 7) is 1.94. The fraction of sp³-hybridized carbons (Fsp3) is 0.0714. The number of hydrogen-bond acceptors (Lipinski definition) is 1. The minimum Gasteiger partial charge on any atom is -0.478 e. The molecule has 0 saturated carbocycles. The van der Waals surface area contributed by atoms with E-state index < -0.39 is 5.97 Å². The monoisotopic (exact) mass is 280 g/mol. The Hall–Kier alpha value is -1.51. The molecular weight excluding hydrogens is 271 g/mol. The molecule has 1 N–H and O–H groups in total. The Bertz CT molecular complexity index is 621. The third-order valence-electron chi connectivity index (χ3n) is 2.63. The zero-order chi connectivity index (χ0) is 13.3. The molecule has 0 unspecified atom stereocenters. The third-order valence-corrected chi connectivity index (χ3v) is 3.27. The summed E-state index contributed by atoms with van der Waals surface area (Å²) in [5.41, 5.74) is 2.58. The zero-order valence-corrected chi connectivity index (χ0v) is 11.1. The van der Waals surface area contributed by atoms with Gasteiger partial charge in [0, 0.05) is 21.2 Å².